The zero-order chi connectivity index (χ0) is 16.2. The summed E-state index contributed by atoms with van der Waals surface area (Å²) in [5.41, 5.74) is 7.02. The lowest BCUT2D eigenvalue weighted by Gasteiger charge is -2.46. The molecule has 21 heavy (non-hydrogen) atoms. The van der Waals surface area contributed by atoms with Crippen molar-refractivity contribution in [3.05, 3.63) is 23.5 Å². The standard InChI is InChI=1S/C16H30N4O/c1-11(2)7-8-15(18-6)19-9-12(3)20(13(4)10-19)16(21)14(5)17/h7-8,12-14,18H,9-10,17H2,1-6H3/b15-8+/t12-,13+,14?. The van der Waals surface area contributed by atoms with Gasteiger partial charge in [-0.2, -0.15) is 0 Å². The highest BCUT2D eigenvalue weighted by atomic mass is 16.2. The lowest BCUT2D eigenvalue weighted by molar-refractivity contribution is -0.139. The van der Waals surface area contributed by atoms with E-state index in [9.17, 15) is 4.79 Å². The van der Waals surface area contributed by atoms with Gasteiger partial charge < -0.3 is 20.9 Å². The Morgan fingerprint density at radius 3 is 2.14 bits per heavy atom. The third-order valence-electron chi connectivity index (χ3n) is 3.73. The summed E-state index contributed by atoms with van der Waals surface area (Å²) < 4.78 is 0. The fraction of sp³-hybridized carbons (Fsp3) is 0.688. The normalized spacial score (nSPS) is 24.6. The Balaban J connectivity index is 2.87. The van der Waals surface area contributed by atoms with Crippen molar-refractivity contribution in [2.24, 2.45) is 5.73 Å². The summed E-state index contributed by atoms with van der Waals surface area (Å²) in [5.74, 6) is 1.12. The minimum Gasteiger partial charge on any atom is -0.375 e. The van der Waals surface area contributed by atoms with Crippen LogP contribution in [-0.2, 0) is 4.79 Å². The summed E-state index contributed by atoms with van der Waals surface area (Å²) in [7, 11) is 1.93. The number of piperazine rings is 1. The van der Waals surface area contributed by atoms with Gasteiger partial charge in [0, 0.05) is 32.2 Å². The van der Waals surface area contributed by atoms with Gasteiger partial charge in [-0.25, -0.2) is 0 Å². The maximum atomic E-state index is 12.2. The van der Waals surface area contributed by atoms with Crippen molar-refractivity contribution in [1.29, 1.82) is 0 Å². The van der Waals surface area contributed by atoms with Gasteiger partial charge in [0.2, 0.25) is 5.91 Å². The van der Waals surface area contributed by atoms with Crippen molar-refractivity contribution in [1.82, 2.24) is 15.1 Å². The molecule has 0 aromatic carbocycles. The lowest BCUT2D eigenvalue weighted by Crippen LogP contribution is -2.61. The molecule has 0 spiro atoms. The zero-order valence-corrected chi connectivity index (χ0v) is 14.2. The summed E-state index contributed by atoms with van der Waals surface area (Å²) in [5, 5.41) is 3.25. The molecule has 1 amide bonds. The van der Waals surface area contributed by atoms with Gasteiger partial charge in [-0.1, -0.05) is 11.6 Å². The van der Waals surface area contributed by atoms with Gasteiger partial charge in [0.1, 0.15) is 5.82 Å². The molecular weight excluding hydrogens is 264 g/mol. The van der Waals surface area contributed by atoms with E-state index in [0.717, 1.165) is 18.9 Å². The Kier molecular flexibility index (Phi) is 6.27. The van der Waals surface area contributed by atoms with Crippen LogP contribution in [0.1, 0.15) is 34.6 Å². The Bertz CT molecular complexity index is 412. The number of allylic oxidation sites excluding steroid dienone is 3. The van der Waals surface area contributed by atoms with Crippen molar-refractivity contribution < 1.29 is 4.79 Å². The summed E-state index contributed by atoms with van der Waals surface area (Å²) in [6.07, 6.45) is 4.19. The topological polar surface area (TPSA) is 61.6 Å². The van der Waals surface area contributed by atoms with E-state index in [1.807, 2.05) is 11.9 Å². The average molecular weight is 294 g/mol. The number of hydrogen-bond acceptors (Lipinski definition) is 4. The molecule has 0 saturated carbocycles. The minimum absolute atomic E-state index is 0.0361. The Hall–Kier alpha value is -1.49. The highest BCUT2D eigenvalue weighted by Crippen LogP contribution is 2.19. The van der Waals surface area contributed by atoms with Crippen molar-refractivity contribution in [3.63, 3.8) is 0 Å². The number of carbonyl (C=O) groups is 1. The van der Waals surface area contributed by atoms with Crippen LogP contribution in [0.3, 0.4) is 0 Å². The zero-order valence-electron chi connectivity index (χ0n) is 14.2. The molecular formula is C16H30N4O. The van der Waals surface area contributed by atoms with Gasteiger partial charge in [-0.15, -0.1) is 0 Å². The number of nitrogens with two attached hydrogens (primary N) is 1. The SMILES string of the molecule is CN/C(=C\C=C(C)C)N1C[C@@H](C)N(C(=O)C(C)N)[C@@H](C)C1. The van der Waals surface area contributed by atoms with Gasteiger partial charge in [-0.05, 0) is 40.7 Å². The summed E-state index contributed by atoms with van der Waals surface area (Å²) >= 11 is 0. The first-order chi connectivity index (χ1) is 9.77. The van der Waals surface area contributed by atoms with Crippen LogP contribution in [0, 0.1) is 0 Å². The second kappa shape index (κ2) is 7.50. The number of hydrogen-bond donors (Lipinski definition) is 2. The molecule has 0 aromatic heterocycles. The maximum Gasteiger partial charge on any atom is 0.239 e. The number of rotatable bonds is 4. The summed E-state index contributed by atoms with van der Waals surface area (Å²) in [6.45, 7) is 11.7. The molecule has 5 nitrogen and oxygen atoms in total. The number of nitrogens with zero attached hydrogens (tertiary/aromatic N) is 2. The first kappa shape index (κ1) is 17.6. The van der Waals surface area contributed by atoms with Crippen LogP contribution in [0.5, 0.6) is 0 Å². The van der Waals surface area contributed by atoms with E-state index in [1.54, 1.807) is 6.92 Å². The predicted octanol–water partition coefficient (Wildman–Crippen LogP) is 1.28. The molecule has 1 aliphatic heterocycles. The molecule has 0 radical (unpaired) electrons. The smallest absolute Gasteiger partial charge is 0.239 e. The van der Waals surface area contributed by atoms with E-state index in [-0.39, 0.29) is 18.0 Å². The van der Waals surface area contributed by atoms with Crippen LogP contribution in [-0.4, -0.2) is 54.0 Å². The third-order valence-corrected chi connectivity index (χ3v) is 3.73. The molecule has 0 aromatic rings. The molecule has 1 rings (SSSR count). The Morgan fingerprint density at radius 2 is 1.76 bits per heavy atom. The van der Waals surface area contributed by atoms with Gasteiger partial charge in [-0.3, -0.25) is 4.79 Å². The van der Waals surface area contributed by atoms with Crippen LogP contribution >= 0.6 is 0 Å². The molecule has 1 aliphatic rings. The van der Waals surface area contributed by atoms with Crippen LogP contribution < -0.4 is 11.1 Å². The molecule has 0 bridgehead atoms. The number of amides is 1. The van der Waals surface area contributed by atoms with Crippen LogP contribution in [0.25, 0.3) is 0 Å². The van der Waals surface area contributed by atoms with E-state index in [2.05, 4.69) is 50.1 Å². The van der Waals surface area contributed by atoms with Gasteiger partial charge in [0.25, 0.3) is 0 Å². The monoisotopic (exact) mass is 294 g/mol. The minimum atomic E-state index is -0.438. The lowest BCUT2D eigenvalue weighted by atomic mass is 10.1. The van der Waals surface area contributed by atoms with E-state index in [4.69, 9.17) is 5.73 Å². The van der Waals surface area contributed by atoms with Crippen LogP contribution in [0.2, 0.25) is 0 Å². The third kappa shape index (κ3) is 4.49. The molecule has 1 unspecified atom stereocenters. The van der Waals surface area contributed by atoms with Gasteiger partial charge in [0.05, 0.1) is 6.04 Å². The van der Waals surface area contributed by atoms with E-state index in [0.29, 0.717) is 0 Å². The first-order valence-corrected chi connectivity index (χ1v) is 7.63. The van der Waals surface area contributed by atoms with Crippen molar-refractivity contribution in [2.75, 3.05) is 20.1 Å². The molecule has 1 heterocycles. The average Bonchev–Trinajstić information content (AvgIpc) is 2.38. The highest BCUT2D eigenvalue weighted by molar-refractivity contribution is 5.82. The molecule has 3 atom stereocenters. The second-order valence-corrected chi connectivity index (χ2v) is 6.18. The molecule has 120 valence electrons. The number of carbonyl (C=O) groups excluding carboxylic acids is 1. The Labute approximate surface area is 128 Å². The maximum absolute atomic E-state index is 12.2. The highest BCUT2D eigenvalue weighted by Gasteiger charge is 2.34. The molecule has 3 N–H and O–H groups in total. The number of nitrogens with one attached hydrogen (secondary N) is 1. The molecule has 5 heteroatoms. The quantitative estimate of drug-likeness (QED) is 0.767. The van der Waals surface area contributed by atoms with Crippen molar-refractivity contribution >= 4 is 5.91 Å². The first-order valence-electron chi connectivity index (χ1n) is 7.63. The van der Waals surface area contributed by atoms with E-state index in [1.165, 1.54) is 5.57 Å². The van der Waals surface area contributed by atoms with Gasteiger partial charge in [0.15, 0.2) is 0 Å². The molecule has 0 aliphatic carbocycles. The second-order valence-electron chi connectivity index (χ2n) is 6.18. The molecule has 1 saturated heterocycles. The van der Waals surface area contributed by atoms with Crippen molar-refractivity contribution in [2.45, 2.75) is 52.7 Å². The fourth-order valence-corrected chi connectivity index (χ4v) is 2.78. The summed E-state index contributed by atoms with van der Waals surface area (Å²) in [4.78, 5) is 16.4. The fourth-order valence-electron chi connectivity index (χ4n) is 2.78. The largest absolute Gasteiger partial charge is 0.375 e. The van der Waals surface area contributed by atoms with Gasteiger partial charge >= 0.3 is 0 Å². The molecule has 1 fully saturated rings. The Morgan fingerprint density at radius 1 is 1.24 bits per heavy atom. The van der Waals surface area contributed by atoms with Crippen LogP contribution in [0.15, 0.2) is 23.5 Å². The van der Waals surface area contributed by atoms with Crippen molar-refractivity contribution in [3.8, 4) is 0 Å². The van der Waals surface area contributed by atoms with E-state index < -0.39 is 6.04 Å². The van der Waals surface area contributed by atoms with Crippen LogP contribution in [0.4, 0.5) is 0 Å². The van der Waals surface area contributed by atoms with E-state index >= 15 is 0 Å². The predicted molar refractivity (Wildman–Crippen MR) is 87.6 cm³/mol. The summed E-state index contributed by atoms with van der Waals surface area (Å²) in [6, 6.07) is -0.141.